The molecule has 4 rings (SSSR count). The van der Waals surface area contributed by atoms with Crippen LogP contribution in [0.1, 0.15) is 31.9 Å². The van der Waals surface area contributed by atoms with Crippen LogP contribution in [0.2, 0.25) is 5.02 Å². The molecular weight excluding hydrogens is 348 g/mol. The molecule has 1 aromatic heterocycles. The maximum Gasteiger partial charge on any atom is 0.241 e. The molecule has 1 saturated heterocycles. The summed E-state index contributed by atoms with van der Waals surface area (Å²) in [7, 11) is 1.98. The summed E-state index contributed by atoms with van der Waals surface area (Å²) in [6, 6.07) is 9.84. The minimum absolute atomic E-state index is 0.0293. The molecule has 1 fully saturated rings. The van der Waals surface area contributed by atoms with Gasteiger partial charge in [0.05, 0.1) is 11.7 Å². The highest BCUT2D eigenvalue weighted by atomic mass is 35.5. The van der Waals surface area contributed by atoms with Crippen LogP contribution >= 0.6 is 11.6 Å². The van der Waals surface area contributed by atoms with E-state index in [0.29, 0.717) is 17.1 Å². The SMILES string of the molecule is CC(C(=O)Nc1ccc(Cl)cc1)N1C2C=C(c3ccnn3C)CC1CC2. The smallest absolute Gasteiger partial charge is 0.241 e. The van der Waals surface area contributed by atoms with Gasteiger partial charge >= 0.3 is 0 Å². The van der Waals surface area contributed by atoms with Crippen molar-refractivity contribution in [1.29, 1.82) is 0 Å². The molecule has 3 atom stereocenters. The number of anilines is 1. The van der Waals surface area contributed by atoms with Crippen molar-refractivity contribution in [3.8, 4) is 0 Å². The van der Waals surface area contributed by atoms with Gasteiger partial charge in [-0.15, -0.1) is 0 Å². The summed E-state index contributed by atoms with van der Waals surface area (Å²) in [6.45, 7) is 2.00. The van der Waals surface area contributed by atoms with Crippen molar-refractivity contribution in [3.63, 3.8) is 0 Å². The van der Waals surface area contributed by atoms with E-state index in [-0.39, 0.29) is 11.9 Å². The molecule has 3 unspecified atom stereocenters. The number of nitrogens with zero attached hydrogens (tertiary/aromatic N) is 3. The molecule has 2 aromatic rings. The lowest BCUT2D eigenvalue weighted by Gasteiger charge is -2.37. The fraction of sp³-hybridized carbons (Fsp3) is 0.400. The predicted octanol–water partition coefficient (Wildman–Crippen LogP) is 3.72. The molecule has 2 bridgehead atoms. The van der Waals surface area contributed by atoms with E-state index in [1.54, 1.807) is 12.1 Å². The number of rotatable bonds is 4. The summed E-state index contributed by atoms with van der Waals surface area (Å²) in [6.07, 6.45) is 7.36. The first-order valence-electron chi connectivity index (χ1n) is 9.06. The van der Waals surface area contributed by atoms with Crippen LogP contribution in [0.15, 0.2) is 42.6 Å². The third-order valence-corrected chi connectivity index (χ3v) is 5.79. The number of fused-ring (bicyclic) bond motifs is 2. The van der Waals surface area contributed by atoms with E-state index < -0.39 is 0 Å². The standard InChI is InChI=1S/C20H23ClN4O/c1-13(20(26)23-16-5-3-15(21)4-6-16)25-17-7-8-18(25)12-14(11-17)19-9-10-22-24(19)2/h3-6,9-11,13,17-18H,7-8,12H2,1-2H3,(H,23,26). The summed E-state index contributed by atoms with van der Waals surface area (Å²) < 4.78 is 1.93. The molecule has 1 N–H and O–H groups in total. The molecule has 1 amide bonds. The van der Waals surface area contributed by atoms with Crippen LogP contribution < -0.4 is 5.32 Å². The third kappa shape index (κ3) is 3.17. The zero-order valence-electron chi connectivity index (χ0n) is 15.0. The Morgan fingerprint density at radius 1 is 1.27 bits per heavy atom. The Hall–Kier alpha value is -2.11. The van der Waals surface area contributed by atoms with E-state index in [9.17, 15) is 4.79 Å². The number of aromatic nitrogens is 2. The van der Waals surface area contributed by atoms with Crippen molar-refractivity contribution in [1.82, 2.24) is 14.7 Å². The molecule has 6 heteroatoms. The Bertz CT molecular complexity index is 842. The Morgan fingerprint density at radius 2 is 2.04 bits per heavy atom. The minimum atomic E-state index is -0.174. The molecule has 2 aliphatic heterocycles. The summed E-state index contributed by atoms with van der Waals surface area (Å²) >= 11 is 5.91. The van der Waals surface area contributed by atoms with Crippen LogP contribution in [-0.2, 0) is 11.8 Å². The third-order valence-electron chi connectivity index (χ3n) is 5.54. The number of nitrogens with one attached hydrogen (secondary N) is 1. The van der Waals surface area contributed by atoms with Crippen molar-refractivity contribution < 1.29 is 4.79 Å². The van der Waals surface area contributed by atoms with Crippen molar-refractivity contribution >= 4 is 28.8 Å². The second-order valence-corrected chi connectivity index (χ2v) is 7.59. The van der Waals surface area contributed by atoms with E-state index in [2.05, 4.69) is 27.5 Å². The lowest BCUT2D eigenvalue weighted by Crippen LogP contribution is -2.49. The second kappa shape index (κ2) is 6.89. The molecule has 0 radical (unpaired) electrons. The first-order chi connectivity index (χ1) is 12.5. The number of carbonyl (C=O) groups excluding carboxylic acids is 1. The van der Waals surface area contributed by atoms with Gasteiger partial charge in [-0.05, 0) is 62.1 Å². The van der Waals surface area contributed by atoms with Gasteiger partial charge in [-0.25, -0.2) is 0 Å². The van der Waals surface area contributed by atoms with E-state index in [4.69, 9.17) is 11.6 Å². The highest BCUT2D eigenvalue weighted by molar-refractivity contribution is 6.30. The monoisotopic (exact) mass is 370 g/mol. The largest absolute Gasteiger partial charge is 0.325 e. The molecule has 136 valence electrons. The van der Waals surface area contributed by atoms with Gasteiger partial charge in [0.25, 0.3) is 0 Å². The topological polar surface area (TPSA) is 50.2 Å². The molecular formula is C20H23ClN4O. The van der Waals surface area contributed by atoms with E-state index in [1.165, 1.54) is 11.3 Å². The Labute approximate surface area is 158 Å². The number of carbonyl (C=O) groups is 1. The molecule has 1 aromatic carbocycles. The Morgan fingerprint density at radius 3 is 2.69 bits per heavy atom. The highest BCUT2D eigenvalue weighted by Crippen LogP contribution is 2.39. The van der Waals surface area contributed by atoms with Crippen molar-refractivity contribution in [2.24, 2.45) is 7.05 Å². The van der Waals surface area contributed by atoms with Crippen LogP contribution in [-0.4, -0.2) is 38.7 Å². The lowest BCUT2D eigenvalue weighted by atomic mass is 9.97. The molecule has 5 nitrogen and oxygen atoms in total. The first-order valence-corrected chi connectivity index (χ1v) is 9.43. The number of halogens is 1. The lowest BCUT2D eigenvalue weighted by molar-refractivity contribution is -0.121. The number of aryl methyl sites for hydroxylation is 1. The Kier molecular flexibility index (Phi) is 4.59. The summed E-state index contributed by atoms with van der Waals surface area (Å²) in [5.74, 6) is 0.0293. The van der Waals surface area contributed by atoms with E-state index in [0.717, 1.165) is 24.9 Å². The average molecular weight is 371 g/mol. The minimum Gasteiger partial charge on any atom is -0.325 e. The molecule has 26 heavy (non-hydrogen) atoms. The maximum atomic E-state index is 12.8. The van der Waals surface area contributed by atoms with Gasteiger partial charge in [-0.2, -0.15) is 5.10 Å². The average Bonchev–Trinajstić information content (AvgIpc) is 3.16. The van der Waals surface area contributed by atoms with Crippen LogP contribution in [0, 0.1) is 0 Å². The van der Waals surface area contributed by atoms with Gasteiger partial charge < -0.3 is 5.32 Å². The molecule has 0 spiro atoms. The van der Waals surface area contributed by atoms with Crippen molar-refractivity contribution in [2.75, 3.05) is 5.32 Å². The fourth-order valence-corrected chi connectivity index (χ4v) is 4.39. The van der Waals surface area contributed by atoms with Crippen LogP contribution in [0.4, 0.5) is 5.69 Å². The van der Waals surface area contributed by atoms with Crippen LogP contribution in [0.5, 0.6) is 0 Å². The van der Waals surface area contributed by atoms with Gasteiger partial charge in [-0.3, -0.25) is 14.4 Å². The number of hydrogen-bond donors (Lipinski definition) is 1. The van der Waals surface area contributed by atoms with Gasteiger partial charge in [-0.1, -0.05) is 17.7 Å². The van der Waals surface area contributed by atoms with Crippen LogP contribution in [0.3, 0.4) is 0 Å². The van der Waals surface area contributed by atoms with Gasteiger partial charge in [0.15, 0.2) is 0 Å². The fourth-order valence-electron chi connectivity index (χ4n) is 4.26. The number of benzene rings is 1. The summed E-state index contributed by atoms with van der Waals surface area (Å²) in [5.41, 5.74) is 3.31. The maximum absolute atomic E-state index is 12.8. The Balaban J connectivity index is 1.49. The van der Waals surface area contributed by atoms with Crippen molar-refractivity contribution in [2.45, 2.75) is 44.3 Å². The molecule has 2 aliphatic rings. The van der Waals surface area contributed by atoms with Gasteiger partial charge in [0, 0.05) is 36.0 Å². The van der Waals surface area contributed by atoms with E-state index in [1.807, 2.05) is 37.0 Å². The summed E-state index contributed by atoms with van der Waals surface area (Å²) in [5, 5.41) is 7.96. The quantitative estimate of drug-likeness (QED) is 0.892. The van der Waals surface area contributed by atoms with E-state index >= 15 is 0 Å². The van der Waals surface area contributed by atoms with Gasteiger partial charge in [0.1, 0.15) is 0 Å². The van der Waals surface area contributed by atoms with Crippen LogP contribution in [0.25, 0.3) is 5.57 Å². The molecule has 3 heterocycles. The normalized spacial score (nSPS) is 23.6. The molecule has 0 saturated carbocycles. The zero-order valence-corrected chi connectivity index (χ0v) is 15.8. The second-order valence-electron chi connectivity index (χ2n) is 7.15. The molecule has 0 aliphatic carbocycles. The zero-order chi connectivity index (χ0) is 18.3. The number of amides is 1. The first kappa shape index (κ1) is 17.3. The number of hydrogen-bond acceptors (Lipinski definition) is 3. The summed E-state index contributed by atoms with van der Waals surface area (Å²) in [4.78, 5) is 15.1. The predicted molar refractivity (Wildman–Crippen MR) is 104 cm³/mol. The van der Waals surface area contributed by atoms with Gasteiger partial charge in [0.2, 0.25) is 5.91 Å². The van der Waals surface area contributed by atoms with Crippen molar-refractivity contribution in [3.05, 3.63) is 53.3 Å². The highest BCUT2D eigenvalue weighted by Gasteiger charge is 2.41.